The Morgan fingerprint density at radius 1 is 1.26 bits per heavy atom. The van der Waals surface area contributed by atoms with Gasteiger partial charge in [-0.2, -0.15) is 0 Å². The first-order valence-electron chi connectivity index (χ1n) is 8.52. The zero-order valence-corrected chi connectivity index (χ0v) is 13.4. The third-order valence-corrected chi connectivity index (χ3v) is 4.44. The van der Waals surface area contributed by atoms with Gasteiger partial charge in [0.25, 0.3) is 0 Å². The lowest BCUT2D eigenvalue weighted by molar-refractivity contribution is 0.0173. The van der Waals surface area contributed by atoms with E-state index in [0.29, 0.717) is 6.54 Å². The fourth-order valence-corrected chi connectivity index (χ4v) is 3.07. The Balaban J connectivity index is 1.37. The predicted octanol–water partition coefficient (Wildman–Crippen LogP) is 2.20. The predicted molar refractivity (Wildman–Crippen MR) is 86.4 cm³/mol. The molecule has 0 radical (unpaired) electrons. The molecule has 3 rings (SSSR count). The zero-order chi connectivity index (χ0) is 15.9. The molecular formula is C17H25N3O3. The van der Waals surface area contributed by atoms with Crippen LogP contribution in [0.5, 0.6) is 5.75 Å². The third kappa shape index (κ3) is 4.82. The van der Waals surface area contributed by atoms with Crippen LogP contribution in [0.1, 0.15) is 32.1 Å². The highest BCUT2D eigenvalue weighted by Gasteiger charge is 2.24. The number of amides is 2. The standard InChI is InChI=1S/C17H25N3O3/c21-17(19-13-16-3-1-2-12-22-16)20-10-6-15(7-11-20)23-14-4-8-18-9-5-14/h4-5,8-9,15-16H,1-3,6-7,10-13H2,(H,19,21)/t16-/m0/s1. The van der Waals surface area contributed by atoms with E-state index in [1.54, 1.807) is 12.4 Å². The van der Waals surface area contributed by atoms with Gasteiger partial charge in [0.1, 0.15) is 11.9 Å². The topological polar surface area (TPSA) is 63.7 Å². The summed E-state index contributed by atoms with van der Waals surface area (Å²) < 4.78 is 11.6. The molecule has 6 nitrogen and oxygen atoms in total. The zero-order valence-electron chi connectivity index (χ0n) is 13.4. The number of carbonyl (C=O) groups excluding carboxylic acids is 1. The minimum atomic E-state index is 0.0153. The molecule has 126 valence electrons. The summed E-state index contributed by atoms with van der Waals surface area (Å²) in [5.41, 5.74) is 0. The number of hydrogen-bond donors (Lipinski definition) is 1. The Bertz CT molecular complexity index is 483. The highest BCUT2D eigenvalue weighted by Crippen LogP contribution is 2.18. The molecule has 2 amide bonds. The van der Waals surface area contributed by atoms with E-state index in [2.05, 4.69) is 10.3 Å². The Morgan fingerprint density at radius 2 is 2.04 bits per heavy atom. The lowest BCUT2D eigenvalue weighted by atomic mass is 10.1. The fraction of sp³-hybridized carbons (Fsp3) is 0.647. The van der Waals surface area contributed by atoms with E-state index in [-0.39, 0.29) is 18.2 Å². The van der Waals surface area contributed by atoms with Crippen molar-refractivity contribution in [2.45, 2.75) is 44.3 Å². The number of rotatable bonds is 4. The number of pyridine rings is 1. The monoisotopic (exact) mass is 319 g/mol. The van der Waals surface area contributed by atoms with E-state index in [4.69, 9.17) is 9.47 Å². The van der Waals surface area contributed by atoms with Gasteiger partial charge in [0.15, 0.2) is 0 Å². The summed E-state index contributed by atoms with van der Waals surface area (Å²) in [4.78, 5) is 18.1. The van der Waals surface area contributed by atoms with Crippen molar-refractivity contribution in [3.8, 4) is 5.75 Å². The van der Waals surface area contributed by atoms with E-state index in [1.807, 2.05) is 17.0 Å². The minimum Gasteiger partial charge on any atom is -0.490 e. The molecule has 2 saturated heterocycles. The SMILES string of the molecule is O=C(NC[C@@H]1CCCCO1)N1CCC(Oc2ccncc2)CC1. The van der Waals surface area contributed by atoms with Crippen LogP contribution in [0.2, 0.25) is 0 Å². The smallest absolute Gasteiger partial charge is 0.317 e. The van der Waals surface area contributed by atoms with Crippen LogP contribution in [0.25, 0.3) is 0 Å². The summed E-state index contributed by atoms with van der Waals surface area (Å²) in [7, 11) is 0. The van der Waals surface area contributed by atoms with Crippen LogP contribution in [0.3, 0.4) is 0 Å². The van der Waals surface area contributed by atoms with Crippen molar-refractivity contribution in [2.24, 2.45) is 0 Å². The largest absolute Gasteiger partial charge is 0.490 e. The normalized spacial score (nSPS) is 22.6. The second-order valence-electron chi connectivity index (χ2n) is 6.16. The van der Waals surface area contributed by atoms with Crippen molar-refractivity contribution in [1.82, 2.24) is 15.2 Å². The van der Waals surface area contributed by atoms with Gasteiger partial charge in [0, 0.05) is 51.5 Å². The van der Waals surface area contributed by atoms with Gasteiger partial charge in [0.2, 0.25) is 0 Å². The molecule has 1 N–H and O–H groups in total. The van der Waals surface area contributed by atoms with Gasteiger partial charge in [-0.15, -0.1) is 0 Å². The Hall–Kier alpha value is -1.82. The molecule has 0 saturated carbocycles. The molecular weight excluding hydrogens is 294 g/mol. The maximum Gasteiger partial charge on any atom is 0.317 e. The second kappa shape index (κ2) is 8.15. The van der Waals surface area contributed by atoms with Gasteiger partial charge in [-0.05, 0) is 31.4 Å². The number of carbonyl (C=O) groups is 1. The van der Waals surface area contributed by atoms with Crippen molar-refractivity contribution < 1.29 is 14.3 Å². The van der Waals surface area contributed by atoms with Crippen LogP contribution < -0.4 is 10.1 Å². The van der Waals surface area contributed by atoms with Crippen LogP contribution >= 0.6 is 0 Å². The van der Waals surface area contributed by atoms with Crippen molar-refractivity contribution in [3.63, 3.8) is 0 Å². The van der Waals surface area contributed by atoms with Crippen LogP contribution in [0.15, 0.2) is 24.5 Å². The van der Waals surface area contributed by atoms with E-state index in [9.17, 15) is 4.79 Å². The number of hydrogen-bond acceptors (Lipinski definition) is 4. The molecule has 2 fully saturated rings. The number of likely N-dealkylation sites (tertiary alicyclic amines) is 1. The number of aromatic nitrogens is 1. The van der Waals surface area contributed by atoms with Gasteiger partial charge in [-0.1, -0.05) is 0 Å². The average molecular weight is 319 g/mol. The van der Waals surface area contributed by atoms with Crippen molar-refractivity contribution >= 4 is 6.03 Å². The number of urea groups is 1. The molecule has 0 aromatic carbocycles. The molecule has 1 aromatic heterocycles. The van der Waals surface area contributed by atoms with Crippen molar-refractivity contribution in [3.05, 3.63) is 24.5 Å². The summed E-state index contributed by atoms with van der Waals surface area (Å²) in [6, 6.07) is 3.74. The molecule has 0 unspecified atom stereocenters. The Labute approximate surface area is 137 Å². The van der Waals surface area contributed by atoms with E-state index >= 15 is 0 Å². The molecule has 23 heavy (non-hydrogen) atoms. The summed E-state index contributed by atoms with van der Waals surface area (Å²) in [6.45, 7) is 2.89. The lowest BCUT2D eigenvalue weighted by Gasteiger charge is -2.32. The first-order chi connectivity index (χ1) is 11.3. The number of nitrogens with zero attached hydrogens (tertiary/aromatic N) is 2. The molecule has 0 spiro atoms. The third-order valence-electron chi connectivity index (χ3n) is 4.44. The fourth-order valence-electron chi connectivity index (χ4n) is 3.07. The van der Waals surface area contributed by atoms with Gasteiger partial charge >= 0.3 is 6.03 Å². The van der Waals surface area contributed by atoms with Crippen LogP contribution in [0, 0.1) is 0 Å². The van der Waals surface area contributed by atoms with Gasteiger partial charge in [-0.3, -0.25) is 4.98 Å². The summed E-state index contributed by atoms with van der Waals surface area (Å²) >= 11 is 0. The Kier molecular flexibility index (Phi) is 5.69. The molecule has 2 aliphatic rings. The van der Waals surface area contributed by atoms with Gasteiger partial charge in [-0.25, -0.2) is 4.79 Å². The number of nitrogens with one attached hydrogen (secondary N) is 1. The highest BCUT2D eigenvalue weighted by atomic mass is 16.5. The first kappa shape index (κ1) is 16.1. The van der Waals surface area contributed by atoms with E-state index in [1.165, 1.54) is 6.42 Å². The summed E-state index contributed by atoms with van der Waals surface area (Å²) in [6.07, 6.45) is 8.89. The van der Waals surface area contributed by atoms with Crippen LogP contribution in [-0.2, 0) is 4.74 Å². The number of ether oxygens (including phenoxy) is 2. The maximum absolute atomic E-state index is 12.2. The molecule has 0 aliphatic carbocycles. The minimum absolute atomic E-state index is 0.0153. The molecule has 3 heterocycles. The summed E-state index contributed by atoms with van der Waals surface area (Å²) in [5.74, 6) is 0.845. The summed E-state index contributed by atoms with van der Waals surface area (Å²) in [5, 5.41) is 3.00. The van der Waals surface area contributed by atoms with Gasteiger partial charge < -0.3 is 19.7 Å². The lowest BCUT2D eigenvalue weighted by Crippen LogP contribution is -2.48. The molecule has 6 heteroatoms. The van der Waals surface area contributed by atoms with Crippen molar-refractivity contribution in [2.75, 3.05) is 26.2 Å². The molecule has 2 aliphatic heterocycles. The molecule has 0 bridgehead atoms. The van der Waals surface area contributed by atoms with E-state index in [0.717, 1.165) is 51.1 Å². The second-order valence-corrected chi connectivity index (χ2v) is 6.16. The number of piperidine rings is 1. The molecule has 1 atom stereocenters. The maximum atomic E-state index is 12.2. The van der Waals surface area contributed by atoms with Crippen LogP contribution in [-0.4, -0.2) is 54.4 Å². The Morgan fingerprint density at radius 3 is 2.74 bits per heavy atom. The quantitative estimate of drug-likeness (QED) is 0.924. The molecule has 1 aromatic rings. The highest BCUT2D eigenvalue weighted by molar-refractivity contribution is 5.74. The van der Waals surface area contributed by atoms with Crippen LogP contribution in [0.4, 0.5) is 4.79 Å². The van der Waals surface area contributed by atoms with Gasteiger partial charge in [0.05, 0.1) is 6.10 Å². The first-order valence-corrected chi connectivity index (χ1v) is 8.52. The van der Waals surface area contributed by atoms with E-state index < -0.39 is 0 Å². The average Bonchev–Trinajstić information content (AvgIpc) is 2.62. The van der Waals surface area contributed by atoms with Crippen molar-refractivity contribution in [1.29, 1.82) is 0 Å².